The molecule has 0 bridgehead atoms. The van der Waals surface area contributed by atoms with Crippen LogP contribution in [0.5, 0.6) is 0 Å². The van der Waals surface area contributed by atoms with E-state index in [1.807, 2.05) is 29.8 Å². The van der Waals surface area contributed by atoms with Crippen LogP contribution < -0.4 is 27.0 Å². The summed E-state index contributed by atoms with van der Waals surface area (Å²) in [5.41, 5.74) is 16.6. The van der Waals surface area contributed by atoms with E-state index in [9.17, 15) is 9.59 Å². The van der Waals surface area contributed by atoms with Crippen molar-refractivity contribution in [1.29, 1.82) is 0 Å². The van der Waals surface area contributed by atoms with E-state index in [-0.39, 0.29) is 24.4 Å². The molecule has 0 spiro atoms. The number of amides is 2. The molecule has 1 atom stereocenters. The van der Waals surface area contributed by atoms with Crippen LogP contribution in [-0.2, 0) is 4.79 Å². The predicted molar refractivity (Wildman–Crippen MR) is 152 cm³/mol. The molecule has 2 amide bonds. The fraction of sp³-hybridized carbons (Fsp3) is 0.214. The van der Waals surface area contributed by atoms with Crippen LogP contribution >= 0.6 is 11.3 Å². The third-order valence-corrected chi connectivity index (χ3v) is 7.11. The summed E-state index contributed by atoms with van der Waals surface area (Å²) in [7, 11) is 0. The van der Waals surface area contributed by atoms with Crippen molar-refractivity contribution in [2.75, 3.05) is 35.6 Å². The van der Waals surface area contributed by atoms with E-state index < -0.39 is 0 Å². The van der Waals surface area contributed by atoms with Gasteiger partial charge in [-0.1, -0.05) is 18.2 Å². The van der Waals surface area contributed by atoms with Crippen LogP contribution in [-0.4, -0.2) is 47.5 Å². The number of carbonyl (C=O) groups is 2. The topological polar surface area (TPSA) is 139 Å². The van der Waals surface area contributed by atoms with Crippen molar-refractivity contribution in [3.63, 3.8) is 0 Å². The van der Waals surface area contributed by atoms with Gasteiger partial charge < -0.3 is 27.0 Å². The molecule has 3 heterocycles. The molecule has 38 heavy (non-hydrogen) atoms. The van der Waals surface area contributed by atoms with Gasteiger partial charge in [0, 0.05) is 47.5 Å². The average molecular weight is 528 g/mol. The predicted octanol–water partition coefficient (Wildman–Crippen LogP) is 3.75. The minimum atomic E-state index is -0.356. The Morgan fingerprint density at radius 3 is 2.66 bits per heavy atom. The van der Waals surface area contributed by atoms with Gasteiger partial charge >= 0.3 is 0 Å². The summed E-state index contributed by atoms with van der Waals surface area (Å²) in [6, 6.07) is 18.9. The Balaban J connectivity index is 1.22. The first kappa shape index (κ1) is 25.4. The lowest BCUT2D eigenvalue weighted by molar-refractivity contribution is -0.115. The highest BCUT2D eigenvalue weighted by atomic mass is 32.1. The minimum Gasteiger partial charge on any atom is -0.399 e. The maximum atomic E-state index is 12.4. The number of nitrogens with two attached hydrogens (primary N) is 2. The van der Waals surface area contributed by atoms with Crippen molar-refractivity contribution in [2.45, 2.75) is 18.9 Å². The molecular weight excluding hydrogens is 498 g/mol. The van der Waals surface area contributed by atoms with Gasteiger partial charge in [-0.3, -0.25) is 9.59 Å². The lowest BCUT2D eigenvalue weighted by Crippen LogP contribution is -2.43. The molecule has 6 N–H and O–H groups in total. The molecule has 1 unspecified atom stereocenters. The van der Waals surface area contributed by atoms with Crippen molar-refractivity contribution in [3.05, 3.63) is 77.8 Å². The van der Waals surface area contributed by atoms with Gasteiger partial charge in [0.05, 0.1) is 12.2 Å². The molecule has 194 valence electrons. The number of nitrogens with zero attached hydrogens (tertiary/aromatic N) is 3. The number of thiazole rings is 1. The normalized spacial score (nSPS) is 15.2. The second-order valence-electron chi connectivity index (χ2n) is 9.22. The Bertz CT molecular complexity index is 1440. The summed E-state index contributed by atoms with van der Waals surface area (Å²) in [6.45, 7) is 1.61. The number of benzene rings is 2. The van der Waals surface area contributed by atoms with Gasteiger partial charge in [-0.25, -0.2) is 9.97 Å². The second-order valence-corrected chi connectivity index (χ2v) is 10.1. The van der Waals surface area contributed by atoms with Gasteiger partial charge in [-0.05, 0) is 66.4 Å². The Labute approximate surface area is 224 Å². The van der Waals surface area contributed by atoms with Crippen LogP contribution in [0.1, 0.15) is 23.2 Å². The van der Waals surface area contributed by atoms with Crippen LogP contribution in [0.2, 0.25) is 0 Å². The number of rotatable bonds is 7. The Morgan fingerprint density at radius 2 is 1.84 bits per heavy atom. The highest BCUT2D eigenvalue weighted by Crippen LogP contribution is 2.30. The van der Waals surface area contributed by atoms with Crippen LogP contribution in [0.15, 0.2) is 72.2 Å². The van der Waals surface area contributed by atoms with E-state index in [1.165, 1.54) is 11.3 Å². The summed E-state index contributed by atoms with van der Waals surface area (Å²) in [5.74, 6) is 0.231. The van der Waals surface area contributed by atoms with Gasteiger partial charge in [0.25, 0.3) is 5.91 Å². The van der Waals surface area contributed by atoms with E-state index in [0.29, 0.717) is 16.4 Å². The molecule has 0 saturated carbocycles. The maximum Gasteiger partial charge on any atom is 0.251 e. The molecule has 0 radical (unpaired) electrons. The van der Waals surface area contributed by atoms with Crippen molar-refractivity contribution in [1.82, 2.24) is 15.3 Å². The molecule has 9 nitrogen and oxygen atoms in total. The zero-order valence-corrected chi connectivity index (χ0v) is 21.6. The van der Waals surface area contributed by atoms with Crippen molar-refractivity contribution < 1.29 is 9.59 Å². The average Bonchev–Trinajstić information content (AvgIpc) is 3.41. The number of anilines is 3. The fourth-order valence-electron chi connectivity index (χ4n) is 4.37. The molecule has 5 rings (SSSR count). The lowest BCUT2D eigenvalue weighted by atomic mass is 10.0. The lowest BCUT2D eigenvalue weighted by Gasteiger charge is -2.31. The number of hydrogen-bond acceptors (Lipinski definition) is 8. The van der Waals surface area contributed by atoms with Crippen LogP contribution in [0.25, 0.3) is 22.4 Å². The van der Waals surface area contributed by atoms with Crippen LogP contribution in [0.4, 0.5) is 16.6 Å². The van der Waals surface area contributed by atoms with E-state index in [1.54, 1.807) is 24.3 Å². The van der Waals surface area contributed by atoms with Crippen LogP contribution in [0, 0.1) is 0 Å². The molecule has 0 aliphatic carbocycles. The first-order valence-corrected chi connectivity index (χ1v) is 13.3. The monoisotopic (exact) mass is 527 g/mol. The van der Waals surface area contributed by atoms with Crippen molar-refractivity contribution in [2.24, 2.45) is 5.73 Å². The van der Waals surface area contributed by atoms with E-state index in [0.717, 1.165) is 54.1 Å². The van der Waals surface area contributed by atoms with Crippen LogP contribution in [0.3, 0.4) is 0 Å². The number of nitrogens with one attached hydrogen (secondary N) is 2. The SMILES string of the molecule is Nc1ccc(C(=O)NCC(=O)Nc2nc(-c3cccc(-c4ccnc(N5CCCC(N)C5)c4)c3)cs2)cc1. The summed E-state index contributed by atoms with van der Waals surface area (Å²) >= 11 is 1.33. The molecule has 2 aromatic carbocycles. The van der Waals surface area contributed by atoms with Gasteiger partial charge in [-0.2, -0.15) is 0 Å². The third kappa shape index (κ3) is 6.16. The number of aromatic nitrogens is 2. The first-order chi connectivity index (χ1) is 18.4. The molecule has 10 heteroatoms. The number of carbonyl (C=O) groups excluding carboxylic acids is 2. The van der Waals surface area contributed by atoms with Gasteiger partial charge in [-0.15, -0.1) is 11.3 Å². The molecule has 1 aliphatic heterocycles. The zero-order chi connectivity index (χ0) is 26.5. The molecule has 1 aliphatic rings. The molecule has 1 fully saturated rings. The minimum absolute atomic E-state index is 0.167. The molecular formula is C28H29N7O2S. The summed E-state index contributed by atoms with van der Waals surface area (Å²) < 4.78 is 0. The van der Waals surface area contributed by atoms with E-state index in [2.05, 4.69) is 43.7 Å². The zero-order valence-electron chi connectivity index (χ0n) is 20.8. The van der Waals surface area contributed by atoms with Gasteiger partial charge in [0.15, 0.2) is 5.13 Å². The Morgan fingerprint density at radius 1 is 1.05 bits per heavy atom. The maximum absolute atomic E-state index is 12.4. The second kappa shape index (κ2) is 11.4. The third-order valence-electron chi connectivity index (χ3n) is 6.35. The van der Waals surface area contributed by atoms with Gasteiger partial charge in [0.1, 0.15) is 5.82 Å². The number of pyridine rings is 1. The fourth-order valence-corrected chi connectivity index (χ4v) is 5.11. The van der Waals surface area contributed by atoms with Crippen molar-refractivity contribution >= 4 is 39.8 Å². The highest BCUT2D eigenvalue weighted by molar-refractivity contribution is 7.14. The van der Waals surface area contributed by atoms with E-state index in [4.69, 9.17) is 11.5 Å². The first-order valence-electron chi connectivity index (χ1n) is 12.4. The van der Waals surface area contributed by atoms with Gasteiger partial charge in [0.2, 0.25) is 5.91 Å². The Hall–Kier alpha value is -4.28. The summed E-state index contributed by atoms with van der Waals surface area (Å²) in [6.07, 6.45) is 3.95. The quantitative estimate of drug-likeness (QED) is 0.268. The Kier molecular flexibility index (Phi) is 7.62. The molecule has 4 aromatic rings. The van der Waals surface area contributed by atoms with Crippen molar-refractivity contribution in [3.8, 4) is 22.4 Å². The smallest absolute Gasteiger partial charge is 0.251 e. The summed E-state index contributed by atoms with van der Waals surface area (Å²) in [4.78, 5) is 36.0. The molecule has 2 aromatic heterocycles. The number of hydrogen-bond donors (Lipinski definition) is 4. The molecule has 1 saturated heterocycles. The largest absolute Gasteiger partial charge is 0.399 e. The number of nitrogen functional groups attached to an aromatic ring is 1. The van der Waals surface area contributed by atoms with E-state index >= 15 is 0 Å². The standard InChI is InChI=1S/C28H29N7O2S/c29-22-8-6-18(7-9-22)27(37)32-15-26(36)34-28-33-24(17-38-28)21-4-1-3-19(13-21)20-10-11-31-25(14-20)35-12-2-5-23(30)16-35/h1,3-4,6-11,13-14,17,23H,2,5,12,15-16,29-30H2,(H,32,37)(H,33,34,36). The summed E-state index contributed by atoms with van der Waals surface area (Å²) in [5, 5.41) is 7.71. The number of piperidine rings is 1. The highest BCUT2D eigenvalue weighted by Gasteiger charge is 2.18.